The van der Waals surface area contributed by atoms with Crippen LogP contribution in [0.4, 0.5) is 0 Å². The van der Waals surface area contributed by atoms with Crippen molar-refractivity contribution in [1.82, 2.24) is 9.78 Å². The Kier molecular flexibility index (Phi) is 3.32. The third kappa shape index (κ3) is 2.23. The minimum Gasteiger partial charge on any atom is -0.461 e. The third-order valence-corrected chi connectivity index (χ3v) is 3.59. The fourth-order valence-electron chi connectivity index (χ4n) is 2.61. The van der Waals surface area contributed by atoms with Gasteiger partial charge in [-0.2, -0.15) is 5.10 Å². The number of rotatable bonds is 4. The normalized spacial score (nSPS) is 12.9. The van der Waals surface area contributed by atoms with Gasteiger partial charge in [0.25, 0.3) is 0 Å². The first-order valence-corrected chi connectivity index (χ1v) is 6.86. The predicted molar refractivity (Wildman–Crippen MR) is 77.5 cm³/mol. The molecule has 0 radical (unpaired) electrons. The molecule has 0 saturated heterocycles. The summed E-state index contributed by atoms with van der Waals surface area (Å²) in [6, 6.07) is 7.81. The smallest absolute Gasteiger partial charge is 0.134 e. The monoisotopic (exact) mass is 270 g/mol. The number of aliphatic hydroxyl groups excluding tert-OH is 1. The fourth-order valence-corrected chi connectivity index (χ4v) is 2.61. The summed E-state index contributed by atoms with van der Waals surface area (Å²) in [5.41, 5.74) is 2.73. The molecule has 0 aliphatic rings. The number of benzene rings is 1. The lowest BCUT2D eigenvalue weighted by Gasteiger charge is -2.09. The van der Waals surface area contributed by atoms with Gasteiger partial charge in [0, 0.05) is 30.1 Å². The van der Waals surface area contributed by atoms with Gasteiger partial charge in [-0.25, -0.2) is 0 Å². The van der Waals surface area contributed by atoms with E-state index in [4.69, 9.17) is 4.42 Å². The Balaban J connectivity index is 1.92. The van der Waals surface area contributed by atoms with Crippen LogP contribution >= 0.6 is 0 Å². The number of hydrogen-bond acceptors (Lipinski definition) is 3. The van der Waals surface area contributed by atoms with Crippen molar-refractivity contribution in [3.63, 3.8) is 0 Å². The molecular weight excluding hydrogens is 252 g/mol. The number of furan rings is 1. The fraction of sp³-hybridized carbons (Fsp3) is 0.312. The largest absolute Gasteiger partial charge is 0.461 e. The van der Waals surface area contributed by atoms with Crippen LogP contribution in [-0.4, -0.2) is 14.9 Å². The summed E-state index contributed by atoms with van der Waals surface area (Å²) >= 11 is 0. The molecule has 1 N–H and O–H groups in total. The number of hydrogen-bond donors (Lipinski definition) is 1. The molecule has 0 spiro atoms. The van der Waals surface area contributed by atoms with Crippen LogP contribution in [0.3, 0.4) is 0 Å². The van der Waals surface area contributed by atoms with Gasteiger partial charge in [-0.3, -0.25) is 4.68 Å². The zero-order valence-electron chi connectivity index (χ0n) is 11.7. The van der Waals surface area contributed by atoms with Crippen molar-refractivity contribution in [1.29, 1.82) is 0 Å². The summed E-state index contributed by atoms with van der Waals surface area (Å²) in [5, 5.41) is 15.7. The lowest BCUT2D eigenvalue weighted by Crippen LogP contribution is -2.02. The SMILES string of the molecule is CCn1cc(CC(O)c2c(C)oc3ccccc23)cn1. The Morgan fingerprint density at radius 1 is 1.35 bits per heavy atom. The van der Waals surface area contributed by atoms with Crippen LogP contribution in [0.25, 0.3) is 11.0 Å². The third-order valence-electron chi connectivity index (χ3n) is 3.59. The summed E-state index contributed by atoms with van der Waals surface area (Å²) < 4.78 is 7.57. The standard InChI is InChI=1S/C16H18N2O2/c1-3-18-10-12(9-17-18)8-14(19)16-11(2)20-15-7-5-4-6-13(15)16/h4-7,9-10,14,19H,3,8H2,1-2H3. The molecule has 2 aromatic heterocycles. The zero-order chi connectivity index (χ0) is 14.1. The number of aromatic nitrogens is 2. The van der Waals surface area contributed by atoms with Gasteiger partial charge in [0.15, 0.2) is 0 Å². The van der Waals surface area contributed by atoms with Crippen molar-refractivity contribution in [3.05, 3.63) is 53.5 Å². The molecule has 20 heavy (non-hydrogen) atoms. The Bertz CT molecular complexity index is 727. The van der Waals surface area contributed by atoms with Crippen molar-refractivity contribution >= 4 is 11.0 Å². The first kappa shape index (κ1) is 12.9. The van der Waals surface area contributed by atoms with E-state index in [-0.39, 0.29) is 0 Å². The average molecular weight is 270 g/mol. The summed E-state index contributed by atoms with van der Waals surface area (Å²) in [4.78, 5) is 0. The van der Waals surface area contributed by atoms with Crippen LogP contribution in [0.2, 0.25) is 0 Å². The van der Waals surface area contributed by atoms with E-state index in [9.17, 15) is 5.11 Å². The van der Waals surface area contributed by atoms with Crippen molar-refractivity contribution in [2.45, 2.75) is 32.9 Å². The predicted octanol–water partition coefficient (Wildman–Crippen LogP) is 3.23. The summed E-state index contributed by atoms with van der Waals surface area (Å²) in [7, 11) is 0. The summed E-state index contributed by atoms with van der Waals surface area (Å²) in [6.45, 7) is 4.78. The van der Waals surface area contributed by atoms with Gasteiger partial charge in [-0.05, 0) is 25.5 Å². The van der Waals surface area contributed by atoms with Crippen molar-refractivity contribution in [2.24, 2.45) is 0 Å². The number of para-hydroxylation sites is 1. The van der Waals surface area contributed by atoms with Crippen LogP contribution in [-0.2, 0) is 13.0 Å². The highest BCUT2D eigenvalue weighted by molar-refractivity contribution is 5.82. The Morgan fingerprint density at radius 2 is 2.15 bits per heavy atom. The van der Waals surface area contributed by atoms with Crippen LogP contribution in [0, 0.1) is 6.92 Å². The maximum atomic E-state index is 10.5. The molecule has 3 aromatic rings. The van der Waals surface area contributed by atoms with E-state index in [1.807, 2.05) is 55.2 Å². The first-order valence-electron chi connectivity index (χ1n) is 6.86. The van der Waals surface area contributed by atoms with Gasteiger partial charge in [-0.15, -0.1) is 0 Å². The molecule has 0 bridgehead atoms. The molecule has 0 amide bonds. The zero-order valence-corrected chi connectivity index (χ0v) is 11.7. The van der Waals surface area contributed by atoms with Gasteiger partial charge in [0.1, 0.15) is 11.3 Å². The van der Waals surface area contributed by atoms with Gasteiger partial charge in [0.2, 0.25) is 0 Å². The van der Waals surface area contributed by atoms with Crippen LogP contribution in [0.1, 0.15) is 29.9 Å². The number of nitrogens with zero attached hydrogens (tertiary/aromatic N) is 2. The van der Waals surface area contributed by atoms with Gasteiger partial charge >= 0.3 is 0 Å². The molecule has 1 aromatic carbocycles. The molecule has 0 saturated carbocycles. The van der Waals surface area contributed by atoms with E-state index in [0.717, 1.165) is 34.4 Å². The molecule has 4 heteroatoms. The van der Waals surface area contributed by atoms with Gasteiger partial charge < -0.3 is 9.52 Å². The Morgan fingerprint density at radius 3 is 2.90 bits per heavy atom. The highest BCUT2D eigenvalue weighted by Crippen LogP contribution is 2.31. The Hall–Kier alpha value is -2.07. The molecule has 1 unspecified atom stereocenters. The molecule has 3 rings (SSSR count). The van der Waals surface area contributed by atoms with E-state index >= 15 is 0 Å². The minimum atomic E-state index is -0.576. The van der Waals surface area contributed by atoms with E-state index in [1.165, 1.54) is 0 Å². The van der Waals surface area contributed by atoms with E-state index in [1.54, 1.807) is 0 Å². The number of aliphatic hydroxyl groups is 1. The molecule has 0 aliphatic heterocycles. The lowest BCUT2D eigenvalue weighted by atomic mass is 10.0. The van der Waals surface area contributed by atoms with E-state index in [0.29, 0.717) is 6.42 Å². The molecular formula is C16H18N2O2. The number of aryl methyl sites for hydroxylation is 2. The van der Waals surface area contributed by atoms with Crippen molar-refractivity contribution in [2.75, 3.05) is 0 Å². The molecule has 2 heterocycles. The molecule has 0 fully saturated rings. The summed E-state index contributed by atoms with van der Waals surface area (Å²) in [6.07, 6.45) is 3.75. The van der Waals surface area contributed by atoms with Gasteiger partial charge in [-0.1, -0.05) is 18.2 Å². The molecule has 4 nitrogen and oxygen atoms in total. The van der Waals surface area contributed by atoms with E-state index in [2.05, 4.69) is 5.10 Å². The highest BCUT2D eigenvalue weighted by Gasteiger charge is 2.19. The maximum Gasteiger partial charge on any atom is 0.134 e. The number of fused-ring (bicyclic) bond motifs is 1. The van der Waals surface area contributed by atoms with Crippen LogP contribution in [0.15, 0.2) is 41.1 Å². The van der Waals surface area contributed by atoms with Crippen LogP contribution in [0.5, 0.6) is 0 Å². The van der Waals surface area contributed by atoms with Gasteiger partial charge in [0.05, 0.1) is 12.3 Å². The maximum absolute atomic E-state index is 10.5. The van der Waals surface area contributed by atoms with E-state index < -0.39 is 6.10 Å². The Labute approximate surface area is 117 Å². The molecule has 0 aliphatic carbocycles. The van der Waals surface area contributed by atoms with Crippen molar-refractivity contribution < 1.29 is 9.52 Å². The quantitative estimate of drug-likeness (QED) is 0.791. The van der Waals surface area contributed by atoms with Crippen LogP contribution < -0.4 is 0 Å². The highest BCUT2D eigenvalue weighted by atomic mass is 16.3. The first-order chi connectivity index (χ1) is 9.69. The second kappa shape index (κ2) is 5.13. The molecule has 104 valence electrons. The summed E-state index contributed by atoms with van der Waals surface area (Å²) in [5.74, 6) is 0.779. The molecule has 1 atom stereocenters. The second-order valence-corrected chi connectivity index (χ2v) is 4.99. The lowest BCUT2D eigenvalue weighted by molar-refractivity contribution is 0.177. The van der Waals surface area contributed by atoms with Crippen molar-refractivity contribution in [3.8, 4) is 0 Å². The minimum absolute atomic E-state index is 0.546. The topological polar surface area (TPSA) is 51.2 Å². The average Bonchev–Trinajstić information content (AvgIpc) is 3.01. The second-order valence-electron chi connectivity index (χ2n) is 4.99.